The molecule has 3 aromatic heterocycles. The average molecular weight is 488 g/mol. The largest absolute Gasteiger partial charge is 0.480 e. The lowest BCUT2D eigenvalue weighted by atomic mass is 10.1. The number of rotatable bonds is 12. The number of unbranched alkanes of at least 4 members (excludes halogenated alkanes) is 2. The summed E-state index contributed by atoms with van der Waals surface area (Å²) < 4.78 is 5.54. The highest BCUT2D eigenvalue weighted by molar-refractivity contribution is 5.85. The number of aromatic amines is 1. The van der Waals surface area contributed by atoms with Crippen LogP contribution in [0.5, 0.6) is 5.88 Å². The van der Waals surface area contributed by atoms with Crippen LogP contribution in [0.3, 0.4) is 0 Å². The van der Waals surface area contributed by atoms with Crippen LogP contribution in [-0.4, -0.2) is 43.8 Å². The standard InChI is InChI=1S/C26H29N7O3/c1-36-26-19(13-17-7-5-6-8-20(17)33-26)22-16-30-25(32-22)21(9-3-2-4-10-23(27)34)31-24(35)14-18-15-28-11-12-29-18/h5-8,11-13,15-16,21H,2-4,9-10,14H2,1H3,(H2,27,34)(H,30,32)(H,31,35). The number of para-hydroxylation sites is 1. The van der Waals surface area contributed by atoms with Crippen molar-refractivity contribution < 1.29 is 14.3 Å². The SMILES string of the molecule is COc1nc2ccccc2cc1-c1cnc(C(CCCCCC(N)=O)NC(=O)Cc2cnccn2)[nH]1. The maximum atomic E-state index is 12.8. The summed E-state index contributed by atoms with van der Waals surface area (Å²) in [6.45, 7) is 0. The van der Waals surface area contributed by atoms with Gasteiger partial charge >= 0.3 is 0 Å². The van der Waals surface area contributed by atoms with Gasteiger partial charge in [0.2, 0.25) is 17.7 Å². The summed E-state index contributed by atoms with van der Waals surface area (Å²) in [5.41, 5.74) is 8.18. The van der Waals surface area contributed by atoms with Gasteiger partial charge in [-0.15, -0.1) is 0 Å². The van der Waals surface area contributed by atoms with Crippen LogP contribution in [-0.2, 0) is 16.0 Å². The summed E-state index contributed by atoms with van der Waals surface area (Å²) >= 11 is 0. The number of nitrogens with one attached hydrogen (secondary N) is 2. The molecule has 0 aliphatic carbocycles. The Balaban J connectivity index is 1.54. The fraction of sp³-hybridized carbons (Fsp3) is 0.308. The number of amides is 2. The third-order valence-electron chi connectivity index (χ3n) is 5.81. The van der Waals surface area contributed by atoms with Gasteiger partial charge in [-0.2, -0.15) is 0 Å². The minimum atomic E-state index is -0.351. The van der Waals surface area contributed by atoms with Crippen molar-refractivity contribution in [1.82, 2.24) is 30.2 Å². The number of carbonyl (C=O) groups is 2. The molecular formula is C26H29N7O3. The van der Waals surface area contributed by atoms with Gasteiger partial charge < -0.3 is 20.8 Å². The molecule has 0 radical (unpaired) electrons. The van der Waals surface area contributed by atoms with E-state index in [4.69, 9.17) is 10.5 Å². The second-order valence-electron chi connectivity index (χ2n) is 8.48. The van der Waals surface area contributed by atoms with Gasteiger partial charge in [0.1, 0.15) is 5.82 Å². The first kappa shape index (κ1) is 24.8. The lowest BCUT2D eigenvalue weighted by Gasteiger charge is -2.17. The first-order valence-corrected chi connectivity index (χ1v) is 11.8. The first-order chi connectivity index (χ1) is 17.5. The first-order valence-electron chi connectivity index (χ1n) is 11.8. The Kier molecular flexibility index (Phi) is 8.17. The van der Waals surface area contributed by atoms with E-state index < -0.39 is 0 Å². The highest BCUT2D eigenvalue weighted by Gasteiger charge is 2.20. The molecule has 1 unspecified atom stereocenters. The molecule has 0 saturated carbocycles. The highest BCUT2D eigenvalue weighted by atomic mass is 16.5. The van der Waals surface area contributed by atoms with Gasteiger partial charge in [-0.05, 0) is 25.0 Å². The van der Waals surface area contributed by atoms with Gasteiger partial charge in [-0.25, -0.2) is 9.97 Å². The predicted molar refractivity (Wildman–Crippen MR) is 135 cm³/mol. The molecule has 4 rings (SSSR count). The maximum absolute atomic E-state index is 12.8. The van der Waals surface area contributed by atoms with E-state index in [9.17, 15) is 9.59 Å². The number of fused-ring (bicyclic) bond motifs is 1. The number of imidazole rings is 1. The molecule has 186 valence electrons. The number of ether oxygens (including phenoxy) is 1. The number of nitrogens with two attached hydrogens (primary N) is 1. The molecule has 4 aromatic rings. The maximum Gasteiger partial charge on any atom is 0.226 e. The highest BCUT2D eigenvalue weighted by Crippen LogP contribution is 2.31. The Bertz CT molecular complexity index is 1320. The summed E-state index contributed by atoms with van der Waals surface area (Å²) in [5, 5.41) is 4.04. The van der Waals surface area contributed by atoms with Gasteiger partial charge in [0, 0.05) is 30.4 Å². The summed E-state index contributed by atoms with van der Waals surface area (Å²) in [5.74, 6) is 0.624. The molecule has 0 bridgehead atoms. The fourth-order valence-electron chi connectivity index (χ4n) is 4.03. The number of hydrogen-bond acceptors (Lipinski definition) is 7. The van der Waals surface area contributed by atoms with Crippen molar-refractivity contribution in [3.63, 3.8) is 0 Å². The number of H-pyrrole nitrogens is 1. The molecule has 10 heteroatoms. The second kappa shape index (κ2) is 11.9. The van der Waals surface area contributed by atoms with Crippen LogP contribution in [0, 0.1) is 0 Å². The van der Waals surface area contributed by atoms with Crippen LogP contribution in [0.2, 0.25) is 0 Å². The molecule has 0 fully saturated rings. The smallest absolute Gasteiger partial charge is 0.226 e. The molecule has 0 saturated heterocycles. The Hall–Kier alpha value is -4.34. The Labute approximate surface area is 208 Å². The normalized spacial score (nSPS) is 11.8. The van der Waals surface area contributed by atoms with Crippen molar-refractivity contribution in [2.24, 2.45) is 5.73 Å². The number of primary amides is 1. The van der Waals surface area contributed by atoms with Crippen molar-refractivity contribution in [1.29, 1.82) is 0 Å². The number of benzene rings is 1. The van der Waals surface area contributed by atoms with Crippen LogP contribution >= 0.6 is 0 Å². The summed E-state index contributed by atoms with van der Waals surface area (Å²) in [4.78, 5) is 44.6. The van der Waals surface area contributed by atoms with Crippen molar-refractivity contribution in [3.05, 3.63) is 66.6 Å². The molecule has 0 aliphatic rings. The molecule has 0 aliphatic heterocycles. The minimum Gasteiger partial charge on any atom is -0.480 e. The molecule has 2 amide bonds. The van der Waals surface area contributed by atoms with Crippen molar-refractivity contribution in [3.8, 4) is 17.1 Å². The van der Waals surface area contributed by atoms with Crippen LogP contribution in [0.1, 0.15) is 49.7 Å². The molecular weight excluding hydrogens is 458 g/mol. The summed E-state index contributed by atoms with van der Waals surface area (Å²) in [6.07, 6.45) is 9.84. The predicted octanol–water partition coefficient (Wildman–Crippen LogP) is 3.26. The Morgan fingerprint density at radius 2 is 1.97 bits per heavy atom. The zero-order valence-corrected chi connectivity index (χ0v) is 20.1. The van der Waals surface area contributed by atoms with Gasteiger partial charge in [0.15, 0.2) is 0 Å². The average Bonchev–Trinajstić information content (AvgIpc) is 3.37. The third kappa shape index (κ3) is 6.41. The Morgan fingerprint density at radius 3 is 2.75 bits per heavy atom. The number of carbonyl (C=O) groups excluding carboxylic acids is 2. The quantitative estimate of drug-likeness (QED) is 0.260. The van der Waals surface area contributed by atoms with E-state index in [1.54, 1.807) is 31.9 Å². The number of aromatic nitrogens is 5. The van der Waals surface area contributed by atoms with E-state index in [2.05, 4.69) is 30.2 Å². The van der Waals surface area contributed by atoms with Gasteiger partial charge in [0.05, 0.1) is 48.2 Å². The molecule has 36 heavy (non-hydrogen) atoms. The van der Waals surface area contributed by atoms with E-state index in [0.29, 0.717) is 36.7 Å². The van der Waals surface area contributed by atoms with Crippen molar-refractivity contribution in [2.75, 3.05) is 7.11 Å². The van der Waals surface area contributed by atoms with Gasteiger partial charge in [-0.1, -0.05) is 31.0 Å². The number of methoxy groups -OCH3 is 1. The van der Waals surface area contributed by atoms with Gasteiger partial charge in [-0.3, -0.25) is 19.6 Å². The number of hydrogen-bond donors (Lipinski definition) is 3. The molecule has 3 heterocycles. The van der Waals surface area contributed by atoms with Crippen molar-refractivity contribution >= 4 is 22.7 Å². The fourth-order valence-corrected chi connectivity index (χ4v) is 4.03. The summed E-state index contributed by atoms with van der Waals surface area (Å²) in [6, 6.07) is 9.46. The zero-order valence-electron chi connectivity index (χ0n) is 20.1. The van der Waals surface area contributed by atoms with Crippen LogP contribution in [0.4, 0.5) is 0 Å². The molecule has 1 aromatic carbocycles. The van der Waals surface area contributed by atoms with E-state index >= 15 is 0 Å². The van der Waals surface area contributed by atoms with Crippen molar-refractivity contribution in [2.45, 2.75) is 44.6 Å². The van der Waals surface area contributed by atoms with E-state index in [-0.39, 0.29) is 24.3 Å². The third-order valence-corrected chi connectivity index (χ3v) is 5.81. The summed E-state index contributed by atoms with van der Waals surface area (Å²) in [7, 11) is 1.58. The van der Waals surface area contributed by atoms with E-state index in [0.717, 1.165) is 35.0 Å². The minimum absolute atomic E-state index is 0.113. The lowest BCUT2D eigenvalue weighted by Crippen LogP contribution is -2.31. The van der Waals surface area contributed by atoms with Gasteiger partial charge in [0.25, 0.3) is 0 Å². The second-order valence-corrected chi connectivity index (χ2v) is 8.48. The van der Waals surface area contributed by atoms with Crippen LogP contribution < -0.4 is 15.8 Å². The van der Waals surface area contributed by atoms with E-state index in [1.807, 2.05) is 30.3 Å². The van der Waals surface area contributed by atoms with E-state index in [1.165, 1.54) is 0 Å². The van der Waals surface area contributed by atoms with Crippen LogP contribution in [0.15, 0.2) is 55.1 Å². The Morgan fingerprint density at radius 1 is 1.11 bits per heavy atom. The topological polar surface area (TPSA) is 149 Å². The molecule has 1 atom stereocenters. The molecule has 4 N–H and O–H groups in total. The number of nitrogens with zero attached hydrogens (tertiary/aromatic N) is 4. The number of pyridine rings is 1. The van der Waals surface area contributed by atoms with Crippen LogP contribution in [0.25, 0.3) is 22.2 Å². The molecule has 10 nitrogen and oxygen atoms in total. The zero-order chi connectivity index (χ0) is 25.3. The molecule has 0 spiro atoms. The lowest BCUT2D eigenvalue weighted by molar-refractivity contribution is -0.121. The monoisotopic (exact) mass is 487 g/mol.